The Morgan fingerprint density at radius 3 is 2.53 bits per heavy atom. The minimum absolute atomic E-state index is 0.490. The third kappa shape index (κ3) is 4.73. The number of hydrogen-bond donors (Lipinski definition) is 0. The van der Waals surface area contributed by atoms with Crippen LogP contribution in [0.25, 0.3) is 11.3 Å². The lowest BCUT2D eigenvalue weighted by molar-refractivity contribution is 0.886. The standard InChI is InChI=1S/C23H18N4S3/c1-15-7-9-17(10-8-15)14-29-22-26-20(18-6-4-3-5-16(18)2)19(13-24)21(27-22)30-23-25-11-12-28-23/h3-12H,14H2,1-2H3. The largest absolute Gasteiger partial charge is 0.238 e. The van der Waals surface area contributed by atoms with Crippen LogP contribution in [0.15, 0.2) is 74.6 Å². The highest BCUT2D eigenvalue weighted by Gasteiger charge is 2.19. The average molecular weight is 447 g/mol. The third-order valence-electron chi connectivity index (χ3n) is 4.45. The molecule has 0 amide bonds. The molecule has 30 heavy (non-hydrogen) atoms. The van der Waals surface area contributed by atoms with E-state index in [2.05, 4.69) is 42.2 Å². The highest BCUT2D eigenvalue weighted by atomic mass is 32.2. The van der Waals surface area contributed by atoms with Crippen molar-refractivity contribution in [2.45, 2.75) is 34.1 Å². The summed E-state index contributed by atoms with van der Waals surface area (Å²) in [6.45, 7) is 4.11. The van der Waals surface area contributed by atoms with Crippen molar-refractivity contribution in [3.63, 3.8) is 0 Å². The molecule has 148 valence electrons. The van der Waals surface area contributed by atoms with Crippen LogP contribution in [0, 0.1) is 25.2 Å². The van der Waals surface area contributed by atoms with Gasteiger partial charge in [-0.05, 0) is 36.7 Å². The molecule has 4 nitrogen and oxygen atoms in total. The normalized spacial score (nSPS) is 10.7. The Morgan fingerprint density at radius 2 is 1.83 bits per heavy atom. The van der Waals surface area contributed by atoms with Crippen molar-refractivity contribution in [3.05, 3.63) is 82.4 Å². The quantitative estimate of drug-likeness (QED) is 0.191. The van der Waals surface area contributed by atoms with Crippen LogP contribution in [0.2, 0.25) is 0 Å². The number of hydrogen-bond acceptors (Lipinski definition) is 7. The smallest absolute Gasteiger partial charge is 0.189 e. The predicted octanol–water partition coefficient (Wildman–Crippen LogP) is 6.53. The molecule has 7 heteroatoms. The van der Waals surface area contributed by atoms with Gasteiger partial charge in [-0.25, -0.2) is 15.0 Å². The van der Waals surface area contributed by atoms with E-state index in [9.17, 15) is 5.26 Å². The molecular formula is C23H18N4S3. The van der Waals surface area contributed by atoms with Crippen molar-refractivity contribution in [2.24, 2.45) is 0 Å². The van der Waals surface area contributed by atoms with Gasteiger partial charge in [0.25, 0.3) is 0 Å². The summed E-state index contributed by atoms with van der Waals surface area (Å²) in [5, 5.41) is 13.2. The summed E-state index contributed by atoms with van der Waals surface area (Å²) in [6, 6.07) is 18.8. The van der Waals surface area contributed by atoms with Crippen LogP contribution in [0.5, 0.6) is 0 Å². The van der Waals surface area contributed by atoms with E-state index in [1.807, 2.05) is 36.6 Å². The third-order valence-corrected chi connectivity index (χ3v) is 7.24. The maximum absolute atomic E-state index is 9.94. The molecule has 0 saturated carbocycles. The second-order valence-electron chi connectivity index (χ2n) is 6.64. The van der Waals surface area contributed by atoms with Crippen LogP contribution in [-0.4, -0.2) is 15.0 Å². The van der Waals surface area contributed by atoms with E-state index in [1.165, 1.54) is 34.2 Å². The summed E-state index contributed by atoms with van der Waals surface area (Å²) < 4.78 is 0.857. The predicted molar refractivity (Wildman–Crippen MR) is 124 cm³/mol. The van der Waals surface area contributed by atoms with E-state index in [-0.39, 0.29) is 0 Å². The molecule has 0 saturated heterocycles. The van der Waals surface area contributed by atoms with Crippen molar-refractivity contribution in [3.8, 4) is 17.3 Å². The van der Waals surface area contributed by atoms with Crippen molar-refractivity contribution in [1.29, 1.82) is 5.26 Å². The van der Waals surface area contributed by atoms with E-state index in [0.29, 0.717) is 21.4 Å². The monoisotopic (exact) mass is 446 g/mol. The lowest BCUT2D eigenvalue weighted by Crippen LogP contribution is -2.00. The number of nitrogens with zero attached hydrogens (tertiary/aromatic N) is 4. The van der Waals surface area contributed by atoms with Gasteiger partial charge < -0.3 is 0 Å². The van der Waals surface area contributed by atoms with Gasteiger partial charge in [0.15, 0.2) is 9.50 Å². The molecule has 2 heterocycles. The zero-order valence-electron chi connectivity index (χ0n) is 16.5. The zero-order chi connectivity index (χ0) is 20.9. The van der Waals surface area contributed by atoms with Crippen molar-refractivity contribution >= 4 is 34.9 Å². The molecule has 0 radical (unpaired) electrons. The second-order valence-corrected chi connectivity index (χ2v) is 9.71. The van der Waals surface area contributed by atoms with Gasteiger partial charge in [-0.15, -0.1) is 11.3 Å². The number of thioether (sulfide) groups is 1. The van der Waals surface area contributed by atoms with Crippen molar-refractivity contribution < 1.29 is 0 Å². The molecule has 2 aromatic heterocycles. The molecule has 0 N–H and O–H groups in total. The second kappa shape index (κ2) is 9.43. The summed E-state index contributed by atoms with van der Waals surface area (Å²) in [5.74, 6) is 0.765. The first kappa shape index (κ1) is 20.6. The molecule has 0 unspecified atom stereocenters. The first-order valence-electron chi connectivity index (χ1n) is 9.28. The number of aryl methyl sites for hydroxylation is 2. The molecule has 4 aromatic rings. The maximum atomic E-state index is 9.94. The number of thiazole rings is 1. The first-order valence-corrected chi connectivity index (χ1v) is 12.0. The van der Waals surface area contributed by atoms with E-state index in [0.717, 1.165) is 21.2 Å². The number of aromatic nitrogens is 3. The Balaban J connectivity index is 1.75. The summed E-state index contributed by atoms with van der Waals surface area (Å²) in [4.78, 5) is 13.9. The molecule has 0 aliphatic carbocycles. The molecule has 2 aromatic carbocycles. The number of benzene rings is 2. The molecule has 0 fully saturated rings. The summed E-state index contributed by atoms with van der Waals surface area (Å²) >= 11 is 4.53. The summed E-state index contributed by atoms with van der Waals surface area (Å²) in [7, 11) is 0. The van der Waals surface area contributed by atoms with E-state index >= 15 is 0 Å². The first-order chi connectivity index (χ1) is 14.6. The lowest BCUT2D eigenvalue weighted by Gasteiger charge is -2.12. The van der Waals surface area contributed by atoms with Crippen LogP contribution in [0.3, 0.4) is 0 Å². The highest BCUT2D eigenvalue weighted by molar-refractivity contribution is 8.01. The molecule has 0 aliphatic rings. The van der Waals surface area contributed by atoms with Gasteiger partial charge in [0.05, 0.1) is 5.69 Å². The molecule has 0 bridgehead atoms. The lowest BCUT2D eigenvalue weighted by atomic mass is 10.0. The van der Waals surface area contributed by atoms with Crippen LogP contribution >= 0.6 is 34.9 Å². The zero-order valence-corrected chi connectivity index (χ0v) is 18.9. The van der Waals surface area contributed by atoms with Gasteiger partial charge in [-0.2, -0.15) is 5.26 Å². The SMILES string of the molecule is Cc1ccc(CSc2nc(Sc3nccs3)c(C#N)c(-c3ccccc3C)n2)cc1. The minimum atomic E-state index is 0.490. The van der Waals surface area contributed by atoms with Gasteiger partial charge in [0.2, 0.25) is 0 Å². The molecular weight excluding hydrogens is 428 g/mol. The number of nitriles is 1. The fraction of sp³-hybridized carbons (Fsp3) is 0.130. The Hall–Kier alpha value is -2.66. The molecule has 0 spiro atoms. The van der Waals surface area contributed by atoms with Gasteiger partial charge in [0.1, 0.15) is 16.7 Å². The molecule has 0 aliphatic heterocycles. The average Bonchev–Trinajstić information content (AvgIpc) is 3.26. The van der Waals surface area contributed by atoms with Crippen molar-refractivity contribution in [2.75, 3.05) is 0 Å². The van der Waals surface area contributed by atoms with Gasteiger partial charge >= 0.3 is 0 Å². The molecule has 4 rings (SSSR count). The van der Waals surface area contributed by atoms with E-state index in [4.69, 9.17) is 9.97 Å². The van der Waals surface area contributed by atoms with Gasteiger partial charge in [-0.3, -0.25) is 0 Å². The Labute approximate surface area is 188 Å². The number of rotatable bonds is 6. The Morgan fingerprint density at radius 1 is 1.03 bits per heavy atom. The summed E-state index contributed by atoms with van der Waals surface area (Å²) in [5.41, 5.74) is 5.65. The minimum Gasteiger partial charge on any atom is -0.238 e. The highest BCUT2D eigenvalue weighted by Crippen LogP contribution is 2.36. The topological polar surface area (TPSA) is 62.5 Å². The van der Waals surface area contributed by atoms with E-state index < -0.39 is 0 Å². The van der Waals surface area contributed by atoms with Crippen LogP contribution in [0.4, 0.5) is 0 Å². The fourth-order valence-electron chi connectivity index (χ4n) is 2.87. The Bertz CT molecular complexity index is 1200. The fourth-order valence-corrected chi connectivity index (χ4v) is 5.34. The van der Waals surface area contributed by atoms with Crippen LogP contribution in [0.1, 0.15) is 22.3 Å². The van der Waals surface area contributed by atoms with Crippen LogP contribution < -0.4 is 0 Å². The van der Waals surface area contributed by atoms with Gasteiger partial charge in [0, 0.05) is 22.9 Å². The Kier molecular flexibility index (Phi) is 6.48. The maximum Gasteiger partial charge on any atom is 0.189 e. The van der Waals surface area contributed by atoms with E-state index in [1.54, 1.807) is 18.0 Å². The van der Waals surface area contributed by atoms with Crippen LogP contribution in [-0.2, 0) is 5.75 Å². The summed E-state index contributed by atoms with van der Waals surface area (Å²) in [6.07, 6.45) is 1.76. The van der Waals surface area contributed by atoms with Gasteiger partial charge in [-0.1, -0.05) is 65.9 Å². The van der Waals surface area contributed by atoms with Crippen molar-refractivity contribution in [1.82, 2.24) is 15.0 Å². The molecule has 0 atom stereocenters.